The highest BCUT2D eigenvalue weighted by atomic mass is 31.2. The van der Waals surface area contributed by atoms with Crippen LogP contribution in [0.2, 0.25) is 0 Å². The van der Waals surface area contributed by atoms with Crippen LogP contribution in [0.3, 0.4) is 0 Å². The fourth-order valence-corrected chi connectivity index (χ4v) is 5.70. The van der Waals surface area contributed by atoms with Crippen molar-refractivity contribution >= 4 is 7.82 Å². The molecule has 0 atom stereocenters. The number of benzene rings is 6. The third-order valence-electron chi connectivity index (χ3n) is 9.25. The molecule has 0 aliphatic rings. The van der Waals surface area contributed by atoms with Crippen LogP contribution in [-0.2, 0) is 20.8 Å². The number of phosphoric acid groups is 1. The van der Waals surface area contributed by atoms with E-state index >= 15 is 0 Å². The van der Waals surface area contributed by atoms with Gasteiger partial charge in [0.25, 0.3) is 0 Å². The molecule has 0 unspecified atom stereocenters. The Kier molecular flexibility index (Phi) is 14.8. The van der Waals surface area contributed by atoms with Gasteiger partial charge in [-0.15, -0.1) is 0 Å². The van der Waals surface area contributed by atoms with Crippen molar-refractivity contribution < 1.29 is 34.6 Å². The van der Waals surface area contributed by atoms with E-state index in [4.69, 9.17) is 19.2 Å². The van der Waals surface area contributed by atoms with Gasteiger partial charge in [0.1, 0.15) is 17.2 Å². The van der Waals surface area contributed by atoms with Crippen LogP contribution in [-0.4, -0.2) is 30.0 Å². The van der Waals surface area contributed by atoms with E-state index < -0.39 is 7.82 Å². The number of phenols is 3. The van der Waals surface area contributed by atoms with Gasteiger partial charge in [-0.3, -0.25) is 0 Å². The van der Waals surface area contributed by atoms with Crippen LogP contribution in [0.5, 0.6) is 17.2 Å². The standard InChI is InChI=1S/3C15H16O.H3O4P/c3*1-15(2,12-6-4-3-5-7-12)13-8-10-14(16)11-9-13;1-5(2,3)4/h3*3-11,16H,1-2H3;(H3,1,2,3,4). The van der Waals surface area contributed by atoms with E-state index in [0.717, 1.165) is 0 Å². The zero-order chi connectivity index (χ0) is 39.3. The second kappa shape index (κ2) is 18.5. The van der Waals surface area contributed by atoms with Crippen LogP contribution in [0, 0.1) is 0 Å². The molecule has 53 heavy (non-hydrogen) atoms. The molecule has 0 aliphatic heterocycles. The molecule has 0 heterocycles. The van der Waals surface area contributed by atoms with Gasteiger partial charge < -0.3 is 30.0 Å². The van der Waals surface area contributed by atoms with Crippen molar-refractivity contribution in [3.63, 3.8) is 0 Å². The third-order valence-corrected chi connectivity index (χ3v) is 9.25. The lowest BCUT2D eigenvalue weighted by Crippen LogP contribution is -2.18. The molecule has 0 radical (unpaired) electrons. The van der Waals surface area contributed by atoms with Crippen molar-refractivity contribution in [2.45, 2.75) is 57.8 Å². The molecule has 0 saturated carbocycles. The van der Waals surface area contributed by atoms with Crippen LogP contribution in [0.4, 0.5) is 0 Å². The van der Waals surface area contributed by atoms with E-state index in [1.54, 1.807) is 36.4 Å². The van der Waals surface area contributed by atoms with Crippen LogP contribution in [0.15, 0.2) is 164 Å². The molecule has 0 spiro atoms. The predicted octanol–water partition coefficient (Wildman–Crippen LogP) is 10.2. The zero-order valence-electron chi connectivity index (χ0n) is 31.1. The van der Waals surface area contributed by atoms with Crippen molar-refractivity contribution in [1.29, 1.82) is 0 Å². The maximum absolute atomic E-state index is 9.29. The molecule has 6 N–H and O–H groups in total. The number of aromatic hydroxyl groups is 3. The minimum Gasteiger partial charge on any atom is -0.508 e. The van der Waals surface area contributed by atoms with Crippen LogP contribution in [0.1, 0.15) is 74.9 Å². The van der Waals surface area contributed by atoms with E-state index in [1.165, 1.54) is 33.4 Å². The summed E-state index contributed by atoms with van der Waals surface area (Å²) < 4.78 is 8.88. The molecule has 6 aromatic carbocycles. The monoisotopic (exact) mass is 734 g/mol. The molecular weight excluding hydrogens is 683 g/mol. The third kappa shape index (κ3) is 13.1. The summed E-state index contributed by atoms with van der Waals surface area (Å²) in [5.41, 5.74) is 7.35. The fraction of sp³-hybridized carbons (Fsp3) is 0.200. The van der Waals surface area contributed by atoms with Gasteiger partial charge in [0, 0.05) is 16.2 Å². The average molecular weight is 735 g/mol. The topological polar surface area (TPSA) is 138 Å². The van der Waals surface area contributed by atoms with Gasteiger partial charge >= 0.3 is 7.82 Å². The summed E-state index contributed by atoms with van der Waals surface area (Å²) in [5.74, 6) is 0.938. The largest absolute Gasteiger partial charge is 0.508 e. The molecule has 6 aromatic rings. The van der Waals surface area contributed by atoms with Gasteiger partial charge in [0.05, 0.1) is 0 Å². The highest BCUT2D eigenvalue weighted by Crippen LogP contribution is 2.34. The normalized spacial score (nSPS) is 11.4. The first-order chi connectivity index (χ1) is 24.8. The summed E-state index contributed by atoms with van der Waals surface area (Å²) in [6, 6.07) is 53.4. The van der Waals surface area contributed by atoms with Gasteiger partial charge in [0.15, 0.2) is 0 Å². The lowest BCUT2D eigenvalue weighted by atomic mass is 9.78. The van der Waals surface area contributed by atoms with Crippen molar-refractivity contribution in [2.24, 2.45) is 0 Å². The molecular formula is C45H51O7P. The van der Waals surface area contributed by atoms with Gasteiger partial charge in [-0.1, -0.05) is 169 Å². The van der Waals surface area contributed by atoms with Gasteiger partial charge in [-0.25, -0.2) is 4.57 Å². The molecule has 0 aromatic heterocycles. The number of rotatable bonds is 6. The highest BCUT2D eigenvalue weighted by molar-refractivity contribution is 7.45. The summed E-state index contributed by atoms with van der Waals surface area (Å²) in [4.78, 5) is 21.6. The Bertz CT molecular complexity index is 1760. The zero-order valence-corrected chi connectivity index (χ0v) is 32.0. The first kappa shape index (κ1) is 42.2. The number of hydrogen-bond acceptors (Lipinski definition) is 4. The van der Waals surface area contributed by atoms with Crippen LogP contribution in [0.25, 0.3) is 0 Å². The second-order valence-corrected chi connectivity index (χ2v) is 15.2. The lowest BCUT2D eigenvalue weighted by Gasteiger charge is -2.26. The van der Waals surface area contributed by atoms with Gasteiger partial charge in [0.2, 0.25) is 0 Å². The van der Waals surface area contributed by atoms with E-state index in [1.807, 2.05) is 54.6 Å². The van der Waals surface area contributed by atoms with Crippen LogP contribution >= 0.6 is 7.82 Å². The highest BCUT2D eigenvalue weighted by Gasteiger charge is 2.24. The average Bonchev–Trinajstić information content (AvgIpc) is 3.13. The van der Waals surface area contributed by atoms with E-state index in [0.29, 0.717) is 17.2 Å². The summed E-state index contributed by atoms with van der Waals surface area (Å²) >= 11 is 0. The minimum atomic E-state index is -4.64. The predicted molar refractivity (Wildman–Crippen MR) is 214 cm³/mol. The molecule has 0 amide bonds. The molecule has 0 saturated heterocycles. The first-order valence-electron chi connectivity index (χ1n) is 17.1. The Hall–Kier alpha value is -5.17. The summed E-state index contributed by atoms with van der Waals surface area (Å²) in [6.07, 6.45) is 0. The van der Waals surface area contributed by atoms with Crippen molar-refractivity contribution in [3.8, 4) is 17.2 Å². The number of phenolic OH excluding ortho intramolecular Hbond substituents is 3. The summed E-state index contributed by atoms with van der Waals surface area (Å²) in [5, 5.41) is 27.9. The molecule has 278 valence electrons. The molecule has 6 rings (SSSR count). The fourth-order valence-electron chi connectivity index (χ4n) is 5.70. The molecule has 0 fully saturated rings. The van der Waals surface area contributed by atoms with Crippen LogP contribution < -0.4 is 0 Å². The lowest BCUT2D eigenvalue weighted by molar-refractivity contribution is 0.275. The Balaban J connectivity index is 0.000000201. The smallest absolute Gasteiger partial charge is 0.466 e. The molecule has 8 heteroatoms. The Labute approximate surface area is 313 Å². The Morgan fingerprint density at radius 2 is 0.472 bits per heavy atom. The molecule has 0 bridgehead atoms. The molecule has 0 aliphatic carbocycles. The Morgan fingerprint density at radius 1 is 0.321 bits per heavy atom. The summed E-state index contributed by atoms with van der Waals surface area (Å²) in [7, 11) is -4.64. The van der Waals surface area contributed by atoms with Gasteiger partial charge in [-0.2, -0.15) is 0 Å². The van der Waals surface area contributed by atoms with Crippen molar-refractivity contribution in [3.05, 3.63) is 197 Å². The Morgan fingerprint density at radius 3 is 0.642 bits per heavy atom. The maximum atomic E-state index is 9.29. The van der Waals surface area contributed by atoms with E-state index in [-0.39, 0.29) is 16.2 Å². The maximum Gasteiger partial charge on any atom is 0.466 e. The van der Waals surface area contributed by atoms with Gasteiger partial charge in [-0.05, 0) is 69.8 Å². The minimum absolute atomic E-state index is 0.0328. The van der Waals surface area contributed by atoms with E-state index in [9.17, 15) is 15.3 Å². The number of hydrogen-bond donors (Lipinski definition) is 6. The first-order valence-corrected chi connectivity index (χ1v) is 18.7. The van der Waals surface area contributed by atoms with Crippen molar-refractivity contribution in [2.75, 3.05) is 0 Å². The quantitative estimate of drug-likeness (QED) is 0.0937. The van der Waals surface area contributed by atoms with Crippen molar-refractivity contribution in [1.82, 2.24) is 0 Å². The summed E-state index contributed by atoms with van der Waals surface area (Å²) in [6.45, 7) is 13.1. The second-order valence-electron chi connectivity index (χ2n) is 14.1. The molecule has 7 nitrogen and oxygen atoms in total. The van der Waals surface area contributed by atoms with E-state index in [2.05, 4.69) is 114 Å². The SMILES string of the molecule is CC(C)(c1ccccc1)c1ccc(O)cc1.CC(C)(c1ccccc1)c1ccc(O)cc1.CC(C)(c1ccccc1)c1ccc(O)cc1.O=P(O)(O)O.